The van der Waals surface area contributed by atoms with Gasteiger partial charge in [-0.1, -0.05) is 24.3 Å². The molecule has 0 N–H and O–H groups in total. The highest BCUT2D eigenvalue weighted by Gasteiger charge is 2.29. The van der Waals surface area contributed by atoms with Crippen LogP contribution in [-0.4, -0.2) is 14.2 Å². The molecule has 24 heavy (non-hydrogen) atoms. The van der Waals surface area contributed by atoms with Crippen LogP contribution in [0.5, 0.6) is 11.5 Å². The van der Waals surface area contributed by atoms with Crippen molar-refractivity contribution in [2.75, 3.05) is 14.2 Å². The molecule has 3 aromatic rings. The molecule has 2 aromatic carbocycles. The van der Waals surface area contributed by atoms with E-state index >= 15 is 0 Å². The quantitative estimate of drug-likeness (QED) is 0.556. The summed E-state index contributed by atoms with van der Waals surface area (Å²) in [7, 11) is 3.17. The molecule has 0 spiro atoms. The molecule has 0 fully saturated rings. The number of aryl methyl sites for hydroxylation is 1. The lowest BCUT2D eigenvalue weighted by Crippen LogP contribution is -2.02. The van der Waals surface area contributed by atoms with Crippen molar-refractivity contribution in [3.8, 4) is 22.8 Å². The number of methoxy groups -OCH3 is 2. The van der Waals surface area contributed by atoms with Crippen molar-refractivity contribution in [1.82, 2.24) is 0 Å². The molecule has 1 aliphatic rings. The molecule has 0 saturated carbocycles. The van der Waals surface area contributed by atoms with E-state index in [1.807, 2.05) is 37.3 Å². The fourth-order valence-corrected chi connectivity index (χ4v) is 3.31. The Labute approximate surface area is 138 Å². The summed E-state index contributed by atoms with van der Waals surface area (Å²) in [6, 6.07) is 9.48. The molecule has 120 valence electrons. The van der Waals surface area contributed by atoms with Crippen molar-refractivity contribution < 1.29 is 13.9 Å². The van der Waals surface area contributed by atoms with Crippen LogP contribution in [0.15, 0.2) is 46.1 Å². The Hall–Kier alpha value is -3.01. The summed E-state index contributed by atoms with van der Waals surface area (Å²) in [6.07, 6.45) is 0. The first-order valence-electron chi connectivity index (χ1n) is 7.58. The van der Waals surface area contributed by atoms with Crippen LogP contribution in [0.2, 0.25) is 0 Å². The standard InChI is InChI=1S/C20H16O4/c1-10-5-6-12-15(7-10)20(21)24-19-14-9-17(23-4)16(22-3)8-13(14)11(2)18(12)19/h5-9H,2H2,1,3-4H3. The van der Waals surface area contributed by atoms with E-state index in [0.29, 0.717) is 22.6 Å². The van der Waals surface area contributed by atoms with Crippen LogP contribution in [0.25, 0.3) is 27.7 Å². The Balaban J connectivity index is 2.11. The van der Waals surface area contributed by atoms with Gasteiger partial charge in [0.1, 0.15) is 5.76 Å². The van der Waals surface area contributed by atoms with Gasteiger partial charge in [-0.05, 0) is 36.3 Å². The van der Waals surface area contributed by atoms with Crippen LogP contribution < -0.4 is 15.1 Å². The smallest absolute Gasteiger partial charge is 0.344 e. The minimum Gasteiger partial charge on any atom is -0.493 e. The van der Waals surface area contributed by atoms with Crippen molar-refractivity contribution in [1.29, 1.82) is 0 Å². The number of hydrogen-bond acceptors (Lipinski definition) is 4. The van der Waals surface area contributed by atoms with Gasteiger partial charge in [-0.3, -0.25) is 0 Å². The molecule has 4 rings (SSSR count). The second kappa shape index (κ2) is 4.99. The highest BCUT2D eigenvalue weighted by atomic mass is 16.5. The van der Waals surface area contributed by atoms with E-state index in [2.05, 4.69) is 6.58 Å². The van der Waals surface area contributed by atoms with Gasteiger partial charge in [0.05, 0.1) is 19.6 Å². The van der Waals surface area contributed by atoms with Crippen molar-refractivity contribution in [2.24, 2.45) is 0 Å². The Morgan fingerprint density at radius 3 is 2.29 bits per heavy atom. The molecule has 0 saturated heterocycles. The Bertz CT molecular complexity index is 1070. The second-order valence-corrected chi connectivity index (χ2v) is 5.87. The van der Waals surface area contributed by atoms with Gasteiger partial charge in [0.2, 0.25) is 0 Å². The summed E-state index contributed by atoms with van der Waals surface area (Å²) in [5.41, 5.74) is 4.03. The first-order valence-corrected chi connectivity index (χ1v) is 7.58. The van der Waals surface area contributed by atoms with E-state index in [1.54, 1.807) is 14.2 Å². The molecule has 4 nitrogen and oxygen atoms in total. The molecule has 4 heteroatoms. The van der Waals surface area contributed by atoms with Crippen molar-refractivity contribution >= 4 is 16.3 Å². The predicted octanol–water partition coefficient (Wildman–Crippen LogP) is 4.16. The third-order valence-electron chi connectivity index (χ3n) is 4.48. The van der Waals surface area contributed by atoms with E-state index in [4.69, 9.17) is 13.9 Å². The minimum atomic E-state index is -0.345. The number of rotatable bonds is 2. The molecule has 1 aromatic heterocycles. The third-order valence-corrected chi connectivity index (χ3v) is 4.48. The van der Waals surface area contributed by atoms with Gasteiger partial charge >= 0.3 is 5.63 Å². The molecule has 1 aliphatic carbocycles. The van der Waals surface area contributed by atoms with Gasteiger partial charge in [0.25, 0.3) is 0 Å². The summed E-state index contributed by atoms with van der Waals surface area (Å²) in [4.78, 5) is 12.4. The van der Waals surface area contributed by atoms with Crippen molar-refractivity contribution in [2.45, 2.75) is 6.92 Å². The van der Waals surface area contributed by atoms with E-state index in [-0.39, 0.29) is 5.63 Å². The predicted molar refractivity (Wildman–Crippen MR) is 93.9 cm³/mol. The summed E-state index contributed by atoms with van der Waals surface area (Å²) in [5, 5.41) is 1.42. The van der Waals surface area contributed by atoms with Gasteiger partial charge in [-0.2, -0.15) is 0 Å². The Kier molecular flexibility index (Phi) is 3.03. The third kappa shape index (κ3) is 1.83. The molecule has 1 heterocycles. The molecular weight excluding hydrogens is 304 g/mol. The molecule has 0 bridgehead atoms. The maximum Gasteiger partial charge on any atom is 0.344 e. The van der Waals surface area contributed by atoms with Crippen molar-refractivity contribution in [3.05, 3.63) is 64.0 Å². The van der Waals surface area contributed by atoms with Gasteiger partial charge < -0.3 is 13.9 Å². The van der Waals surface area contributed by atoms with Crippen LogP contribution in [-0.2, 0) is 0 Å². The summed E-state index contributed by atoms with van der Waals surface area (Å²) >= 11 is 0. The SMILES string of the molecule is C=C1c2cc(OC)c(OC)cc2-c2oc(=O)c3cc(C)ccc3c21. The summed E-state index contributed by atoms with van der Waals surface area (Å²) < 4.78 is 16.4. The highest BCUT2D eigenvalue weighted by molar-refractivity contribution is 6.08. The van der Waals surface area contributed by atoms with Crippen LogP contribution in [0, 0.1) is 6.92 Å². The largest absolute Gasteiger partial charge is 0.493 e. The van der Waals surface area contributed by atoms with E-state index in [0.717, 1.165) is 33.2 Å². The van der Waals surface area contributed by atoms with E-state index < -0.39 is 0 Å². The molecule has 0 atom stereocenters. The molecular formula is C20H16O4. The molecule has 0 aliphatic heterocycles. The lowest BCUT2D eigenvalue weighted by molar-refractivity contribution is 0.355. The minimum absolute atomic E-state index is 0.345. The first kappa shape index (κ1) is 14.6. The van der Waals surface area contributed by atoms with Gasteiger partial charge in [0, 0.05) is 16.5 Å². The topological polar surface area (TPSA) is 48.7 Å². The Morgan fingerprint density at radius 1 is 0.958 bits per heavy atom. The number of hydrogen-bond donors (Lipinski definition) is 0. The number of ether oxygens (including phenoxy) is 2. The fourth-order valence-electron chi connectivity index (χ4n) is 3.31. The lowest BCUT2D eigenvalue weighted by atomic mass is 10.0. The normalized spacial score (nSPS) is 12.2. The summed E-state index contributed by atoms with van der Waals surface area (Å²) in [5.74, 6) is 1.74. The van der Waals surface area contributed by atoms with Gasteiger partial charge in [-0.25, -0.2) is 4.79 Å². The fraction of sp³-hybridized carbons (Fsp3) is 0.150. The maximum absolute atomic E-state index is 12.4. The zero-order valence-electron chi connectivity index (χ0n) is 13.7. The molecule has 0 unspecified atom stereocenters. The van der Waals surface area contributed by atoms with Crippen LogP contribution in [0.1, 0.15) is 16.7 Å². The number of fused-ring (bicyclic) bond motifs is 5. The zero-order chi connectivity index (χ0) is 17.0. The second-order valence-electron chi connectivity index (χ2n) is 5.87. The first-order chi connectivity index (χ1) is 11.5. The number of benzene rings is 2. The summed E-state index contributed by atoms with van der Waals surface area (Å²) in [6.45, 7) is 6.16. The van der Waals surface area contributed by atoms with Crippen LogP contribution in [0.3, 0.4) is 0 Å². The lowest BCUT2D eigenvalue weighted by Gasteiger charge is -2.10. The monoisotopic (exact) mass is 320 g/mol. The average Bonchev–Trinajstić information content (AvgIpc) is 2.86. The van der Waals surface area contributed by atoms with E-state index in [1.165, 1.54) is 0 Å². The molecule has 0 amide bonds. The highest BCUT2D eigenvalue weighted by Crippen LogP contribution is 2.49. The van der Waals surface area contributed by atoms with Crippen molar-refractivity contribution in [3.63, 3.8) is 0 Å². The molecule has 0 radical (unpaired) electrons. The zero-order valence-corrected chi connectivity index (χ0v) is 13.7. The average molecular weight is 320 g/mol. The van der Waals surface area contributed by atoms with Crippen LogP contribution in [0.4, 0.5) is 0 Å². The maximum atomic E-state index is 12.4. The van der Waals surface area contributed by atoms with Crippen LogP contribution >= 0.6 is 0 Å². The Morgan fingerprint density at radius 2 is 1.62 bits per heavy atom. The van der Waals surface area contributed by atoms with E-state index in [9.17, 15) is 4.79 Å². The van der Waals surface area contributed by atoms with Gasteiger partial charge in [0.15, 0.2) is 11.5 Å². The van der Waals surface area contributed by atoms with Gasteiger partial charge in [-0.15, -0.1) is 0 Å².